The number of nitrogens with zero attached hydrogens (tertiary/aromatic N) is 3. The van der Waals surface area contributed by atoms with Crippen molar-refractivity contribution >= 4 is 11.6 Å². The summed E-state index contributed by atoms with van der Waals surface area (Å²) in [6.07, 6.45) is 2.71. The van der Waals surface area contributed by atoms with Crippen LogP contribution in [0.25, 0.3) is 5.65 Å². The molecular formula is C15H21N3O2. The molecule has 0 atom stereocenters. The van der Waals surface area contributed by atoms with E-state index in [4.69, 9.17) is 5.11 Å². The lowest BCUT2D eigenvalue weighted by Gasteiger charge is -2.19. The number of rotatable bonds is 5. The van der Waals surface area contributed by atoms with Crippen LogP contribution in [0.5, 0.6) is 0 Å². The first-order valence-corrected chi connectivity index (χ1v) is 7.00. The molecule has 0 fully saturated rings. The molecular weight excluding hydrogens is 254 g/mol. The van der Waals surface area contributed by atoms with Crippen molar-refractivity contribution in [2.45, 2.75) is 27.2 Å². The maximum atomic E-state index is 12.4. The van der Waals surface area contributed by atoms with E-state index in [0.29, 0.717) is 18.7 Å². The van der Waals surface area contributed by atoms with Gasteiger partial charge in [0.1, 0.15) is 5.65 Å². The molecule has 2 aromatic heterocycles. The Morgan fingerprint density at radius 2 is 2.15 bits per heavy atom. The molecule has 0 unspecified atom stereocenters. The third-order valence-corrected chi connectivity index (χ3v) is 3.58. The molecule has 0 radical (unpaired) electrons. The van der Waals surface area contributed by atoms with Gasteiger partial charge in [-0.15, -0.1) is 0 Å². The Morgan fingerprint density at radius 3 is 2.75 bits per heavy atom. The van der Waals surface area contributed by atoms with Crippen molar-refractivity contribution in [1.29, 1.82) is 0 Å². The topological polar surface area (TPSA) is 57.8 Å². The number of carbonyl (C=O) groups is 1. The van der Waals surface area contributed by atoms with Gasteiger partial charge in [0.2, 0.25) is 0 Å². The van der Waals surface area contributed by atoms with Crippen molar-refractivity contribution in [3.05, 3.63) is 35.3 Å². The molecule has 108 valence electrons. The summed E-state index contributed by atoms with van der Waals surface area (Å²) in [5, 5.41) is 9.01. The zero-order valence-electron chi connectivity index (χ0n) is 12.3. The molecule has 0 aliphatic carbocycles. The van der Waals surface area contributed by atoms with Gasteiger partial charge in [-0.2, -0.15) is 0 Å². The predicted molar refractivity (Wildman–Crippen MR) is 78.0 cm³/mol. The van der Waals surface area contributed by atoms with Crippen molar-refractivity contribution in [1.82, 2.24) is 14.3 Å². The Kier molecular flexibility index (Phi) is 4.39. The van der Waals surface area contributed by atoms with Crippen LogP contribution in [0.4, 0.5) is 0 Å². The Labute approximate surface area is 118 Å². The van der Waals surface area contributed by atoms with Crippen molar-refractivity contribution in [2.75, 3.05) is 19.7 Å². The smallest absolute Gasteiger partial charge is 0.255 e. The van der Waals surface area contributed by atoms with Crippen molar-refractivity contribution < 1.29 is 9.90 Å². The summed E-state index contributed by atoms with van der Waals surface area (Å²) in [4.78, 5) is 18.5. The number of aliphatic hydroxyl groups excluding tert-OH is 1. The number of amides is 1. The maximum absolute atomic E-state index is 12.4. The number of likely N-dealkylation sites (N-methyl/N-ethyl adjacent to an activating group) is 1. The van der Waals surface area contributed by atoms with Gasteiger partial charge in [0.05, 0.1) is 17.9 Å². The average Bonchev–Trinajstić information content (AvgIpc) is 2.80. The van der Waals surface area contributed by atoms with Gasteiger partial charge in [-0.3, -0.25) is 4.79 Å². The molecule has 2 aromatic rings. The van der Waals surface area contributed by atoms with Gasteiger partial charge in [0, 0.05) is 25.0 Å². The Morgan fingerprint density at radius 1 is 1.40 bits per heavy atom. The van der Waals surface area contributed by atoms with Gasteiger partial charge in [0.15, 0.2) is 0 Å². The zero-order chi connectivity index (χ0) is 14.7. The maximum Gasteiger partial charge on any atom is 0.255 e. The molecule has 20 heavy (non-hydrogen) atoms. The summed E-state index contributed by atoms with van der Waals surface area (Å²) in [5.74, 6) is -0.0606. The summed E-state index contributed by atoms with van der Waals surface area (Å²) >= 11 is 0. The molecule has 0 saturated heterocycles. The average molecular weight is 275 g/mol. The fourth-order valence-corrected chi connectivity index (χ4v) is 2.38. The third-order valence-electron chi connectivity index (χ3n) is 3.58. The second kappa shape index (κ2) is 6.05. The van der Waals surface area contributed by atoms with E-state index in [2.05, 4.69) is 11.9 Å². The van der Waals surface area contributed by atoms with E-state index >= 15 is 0 Å². The monoisotopic (exact) mass is 275 g/mol. The number of aromatic nitrogens is 2. The quantitative estimate of drug-likeness (QED) is 0.903. The van der Waals surface area contributed by atoms with Gasteiger partial charge in [-0.05, 0) is 32.4 Å². The van der Waals surface area contributed by atoms with Crippen LogP contribution in [-0.4, -0.2) is 45.0 Å². The molecule has 0 aromatic carbocycles. The normalized spacial score (nSPS) is 11.0. The fourth-order valence-electron chi connectivity index (χ4n) is 2.38. The third kappa shape index (κ3) is 2.54. The number of aliphatic hydroxyl groups is 1. The van der Waals surface area contributed by atoms with Crippen molar-refractivity contribution in [3.8, 4) is 0 Å². The van der Waals surface area contributed by atoms with Crippen LogP contribution in [0, 0.1) is 6.92 Å². The van der Waals surface area contributed by atoms with E-state index in [1.54, 1.807) is 11.0 Å². The molecule has 1 N–H and O–H groups in total. The van der Waals surface area contributed by atoms with Crippen molar-refractivity contribution in [2.24, 2.45) is 0 Å². The number of fused-ring (bicyclic) bond motifs is 1. The lowest BCUT2D eigenvalue weighted by Crippen LogP contribution is -2.33. The van der Waals surface area contributed by atoms with Crippen LogP contribution in [-0.2, 0) is 6.42 Å². The zero-order valence-corrected chi connectivity index (χ0v) is 12.3. The van der Waals surface area contributed by atoms with Gasteiger partial charge in [-0.1, -0.05) is 6.92 Å². The van der Waals surface area contributed by atoms with Crippen molar-refractivity contribution in [3.63, 3.8) is 0 Å². The molecule has 1 amide bonds. The van der Waals surface area contributed by atoms with E-state index in [1.165, 1.54) is 0 Å². The minimum atomic E-state index is -0.0606. The first-order valence-electron chi connectivity index (χ1n) is 7.00. The molecule has 2 rings (SSSR count). The molecule has 2 heterocycles. The van der Waals surface area contributed by atoms with Gasteiger partial charge in [0.25, 0.3) is 5.91 Å². The first kappa shape index (κ1) is 14.5. The Bertz CT molecular complexity index is 619. The summed E-state index contributed by atoms with van der Waals surface area (Å²) in [6.45, 7) is 6.91. The van der Waals surface area contributed by atoms with E-state index in [1.807, 2.05) is 30.5 Å². The van der Waals surface area contributed by atoms with E-state index in [9.17, 15) is 4.79 Å². The predicted octanol–water partition coefficient (Wildman–Crippen LogP) is 1.66. The second-order valence-corrected chi connectivity index (χ2v) is 4.75. The highest BCUT2D eigenvalue weighted by Gasteiger charge is 2.15. The Hall–Kier alpha value is -1.88. The number of hydrogen-bond acceptors (Lipinski definition) is 3. The number of pyridine rings is 1. The Balaban J connectivity index is 2.40. The van der Waals surface area contributed by atoms with Crippen LogP contribution in [0.3, 0.4) is 0 Å². The SMILES string of the molecule is CCc1nc2ccc(C(=O)N(CC)CCO)cn2c1C. The highest BCUT2D eigenvalue weighted by atomic mass is 16.3. The van der Waals surface area contributed by atoms with E-state index in [-0.39, 0.29) is 12.5 Å². The number of imidazole rings is 1. The molecule has 0 spiro atoms. The van der Waals surface area contributed by atoms with Gasteiger partial charge < -0.3 is 14.4 Å². The summed E-state index contributed by atoms with van der Waals surface area (Å²) < 4.78 is 1.96. The number of hydrogen-bond donors (Lipinski definition) is 1. The van der Waals surface area contributed by atoms with Crippen LogP contribution in [0.15, 0.2) is 18.3 Å². The number of aryl methyl sites for hydroxylation is 2. The standard InChI is InChI=1S/C15H21N3O2/c1-4-13-11(3)18-10-12(6-7-14(18)16-13)15(20)17(5-2)8-9-19/h6-7,10,19H,4-5,8-9H2,1-3H3. The highest BCUT2D eigenvalue weighted by molar-refractivity contribution is 5.94. The summed E-state index contributed by atoms with van der Waals surface area (Å²) in [7, 11) is 0. The second-order valence-electron chi connectivity index (χ2n) is 4.75. The summed E-state index contributed by atoms with van der Waals surface area (Å²) in [5.41, 5.74) is 3.61. The minimum Gasteiger partial charge on any atom is -0.395 e. The highest BCUT2D eigenvalue weighted by Crippen LogP contribution is 2.15. The fraction of sp³-hybridized carbons (Fsp3) is 0.467. The molecule has 5 nitrogen and oxygen atoms in total. The molecule has 0 aliphatic heterocycles. The van der Waals surface area contributed by atoms with Gasteiger partial charge >= 0.3 is 0 Å². The van der Waals surface area contributed by atoms with Crippen LogP contribution in [0.2, 0.25) is 0 Å². The van der Waals surface area contributed by atoms with E-state index in [0.717, 1.165) is 23.5 Å². The van der Waals surface area contributed by atoms with E-state index < -0.39 is 0 Å². The lowest BCUT2D eigenvalue weighted by atomic mass is 10.2. The van der Waals surface area contributed by atoms with Gasteiger partial charge in [-0.25, -0.2) is 4.98 Å². The van der Waals surface area contributed by atoms with Crippen LogP contribution < -0.4 is 0 Å². The molecule has 0 bridgehead atoms. The largest absolute Gasteiger partial charge is 0.395 e. The lowest BCUT2D eigenvalue weighted by molar-refractivity contribution is 0.0731. The summed E-state index contributed by atoms with van der Waals surface area (Å²) in [6, 6.07) is 3.66. The van der Waals surface area contributed by atoms with Crippen LogP contribution >= 0.6 is 0 Å². The number of carbonyl (C=O) groups excluding carboxylic acids is 1. The molecule has 0 saturated carbocycles. The first-order chi connectivity index (χ1) is 9.62. The minimum absolute atomic E-state index is 0.0219. The van der Waals surface area contributed by atoms with Crippen LogP contribution in [0.1, 0.15) is 35.6 Å². The molecule has 5 heteroatoms. The molecule has 0 aliphatic rings.